The van der Waals surface area contributed by atoms with Crippen molar-refractivity contribution >= 4 is 22.6 Å². The van der Waals surface area contributed by atoms with Crippen LogP contribution in [0.5, 0.6) is 5.75 Å². The van der Waals surface area contributed by atoms with E-state index in [4.69, 9.17) is 9.05 Å². The standard InChI is InChI=1S/C11H16BrO2P/c1-3-4-9-13-15(12)14-11-7-5-10(2)6-8-11/h5-8H,3-4,9H2,1-2H3. The van der Waals surface area contributed by atoms with Crippen LogP contribution in [-0.4, -0.2) is 6.61 Å². The second kappa shape index (κ2) is 7.21. The van der Waals surface area contributed by atoms with Crippen LogP contribution in [-0.2, 0) is 4.52 Å². The second-order valence-electron chi connectivity index (χ2n) is 3.30. The summed E-state index contributed by atoms with van der Waals surface area (Å²) in [5.41, 5.74) is 1.23. The molecule has 0 amide bonds. The van der Waals surface area contributed by atoms with Gasteiger partial charge in [0.1, 0.15) is 5.75 Å². The summed E-state index contributed by atoms with van der Waals surface area (Å²) in [4.78, 5) is 0. The minimum Gasteiger partial charge on any atom is -0.439 e. The Labute approximate surface area is 101 Å². The average molecular weight is 291 g/mol. The molecule has 1 aromatic rings. The highest BCUT2D eigenvalue weighted by molar-refractivity contribution is 9.38. The van der Waals surface area contributed by atoms with Gasteiger partial charge in [0.05, 0.1) is 6.61 Å². The summed E-state index contributed by atoms with van der Waals surface area (Å²) < 4.78 is 11.1. The number of rotatable bonds is 6. The van der Waals surface area contributed by atoms with Crippen molar-refractivity contribution < 1.29 is 9.05 Å². The number of unbranched alkanes of at least 4 members (excludes halogenated alkanes) is 1. The van der Waals surface area contributed by atoms with Gasteiger partial charge in [0.25, 0.3) is 0 Å². The number of halogens is 1. The number of aryl methyl sites for hydroxylation is 1. The molecule has 2 nitrogen and oxygen atoms in total. The first-order chi connectivity index (χ1) is 7.22. The molecule has 0 radical (unpaired) electrons. The Balaban J connectivity index is 2.31. The van der Waals surface area contributed by atoms with Crippen LogP contribution in [0.25, 0.3) is 0 Å². The van der Waals surface area contributed by atoms with Crippen LogP contribution in [0, 0.1) is 6.92 Å². The van der Waals surface area contributed by atoms with Crippen molar-refractivity contribution in [2.45, 2.75) is 26.7 Å². The highest BCUT2D eigenvalue weighted by Gasteiger charge is 2.06. The lowest BCUT2D eigenvalue weighted by Crippen LogP contribution is -1.90. The average Bonchev–Trinajstić information content (AvgIpc) is 2.22. The summed E-state index contributed by atoms with van der Waals surface area (Å²) in [5.74, 6) is 0.847. The van der Waals surface area contributed by atoms with Crippen LogP contribution in [0.3, 0.4) is 0 Å². The van der Waals surface area contributed by atoms with Crippen molar-refractivity contribution in [1.82, 2.24) is 0 Å². The lowest BCUT2D eigenvalue weighted by Gasteiger charge is -2.11. The normalized spacial score (nSPS) is 12.5. The van der Waals surface area contributed by atoms with E-state index in [9.17, 15) is 0 Å². The van der Waals surface area contributed by atoms with E-state index in [1.165, 1.54) is 5.56 Å². The molecule has 0 aliphatic rings. The molecule has 1 aromatic carbocycles. The number of benzene rings is 1. The van der Waals surface area contributed by atoms with Crippen molar-refractivity contribution in [3.05, 3.63) is 29.8 Å². The third-order valence-electron chi connectivity index (χ3n) is 1.89. The van der Waals surface area contributed by atoms with E-state index in [0.29, 0.717) is 0 Å². The van der Waals surface area contributed by atoms with Gasteiger partial charge >= 0.3 is 7.08 Å². The first kappa shape index (κ1) is 13.0. The zero-order chi connectivity index (χ0) is 11.1. The molecule has 0 spiro atoms. The summed E-state index contributed by atoms with van der Waals surface area (Å²) in [6.07, 6.45) is 2.21. The Morgan fingerprint density at radius 2 is 1.93 bits per heavy atom. The third kappa shape index (κ3) is 5.50. The predicted molar refractivity (Wildman–Crippen MR) is 68.5 cm³/mol. The van der Waals surface area contributed by atoms with Crippen LogP contribution in [0.2, 0.25) is 0 Å². The summed E-state index contributed by atoms with van der Waals surface area (Å²) in [5, 5.41) is 0. The third-order valence-corrected chi connectivity index (χ3v) is 3.68. The predicted octanol–water partition coefficient (Wildman–Crippen LogP) is 4.81. The molecule has 84 valence electrons. The largest absolute Gasteiger partial charge is 0.439 e. The molecule has 1 rings (SSSR count). The van der Waals surface area contributed by atoms with Crippen molar-refractivity contribution in [2.24, 2.45) is 0 Å². The smallest absolute Gasteiger partial charge is 0.307 e. The molecule has 1 unspecified atom stereocenters. The molecule has 0 aliphatic heterocycles. The van der Waals surface area contributed by atoms with Crippen LogP contribution in [0.4, 0.5) is 0 Å². The Morgan fingerprint density at radius 1 is 1.27 bits per heavy atom. The first-order valence-corrected chi connectivity index (χ1v) is 8.25. The first-order valence-electron chi connectivity index (χ1n) is 5.06. The molecule has 1 atom stereocenters. The maximum atomic E-state index is 5.58. The molecule has 0 bridgehead atoms. The van der Waals surface area contributed by atoms with Gasteiger partial charge in [0, 0.05) is 15.5 Å². The minimum absolute atomic E-state index is 0.749. The van der Waals surface area contributed by atoms with Crippen molar-refractivity contribution in [1.29, 1.82) is 0 Å². The lowest BCUT2D eigenvalue weighted by atomic mass is 10.2. The molecule has 0 aromatic heterocycles. The van der Waals surface area contributed by atoms with E-state index in [1.54, 1.807) is 0 Å². The Kier molecular flexibility index (Phi) is 6.23. The molecule has 4 heteroatoms. The van der Waals surface area contributed by atoms with Gasteiger partial charge < -0.3 is 9.05 Å². The van der Waals surface area contributed by atoms with Gasteiger partial charge in [-0.05, 0) is 25.5 Å². The fourth-order valence-corrected chi connectivity index (χ4v) is 2.54. The zero-order valence-electron chi connectivity index (χ0n) is 9.07. The van der Waals surface area contributed by atoms with Crippen LogP contribution in [0.1, 0.15) is 25.3 Å². The SMILES string of the molecule is CCCCOP(Br)Oc1ccc(C)cc1. The van der Waals surface area contributed by atoms with E-state index < -0.39 is 7.08 Å². The van der Waals surface area contributed by atoms with E-state index in [-0.39, 0.29) is 0 Å². The van der Waals surface area contributed by atoms with Gasteiger partial charge in [-0.25, -0.2) is 0 Å². The van der Waals surface area contributed by atoms with Crippen LogP contribution < -0.4 is 4.52 Å². The van der Waals surface area contributed by atoms with Gasteiger partial charge in [0.15, 0.2) is 0 Å². The molecular weight excluding hydrogens is 275 g/mol. The van der Waals surface area contributed by atoms with Gasteiger partial charge in [-0.15, -0.1) is 0 Å². The number of hydrogen-bond donors (Lipinski definition) is 0. The maximum absolute atomic E-state index is 5.58. The Hall–Kier alpha value is -0.110. The van der Waals surface area contributed by atoms with Gasteiger partial charge in [-0.1, -0.05) is 31.0 Å². The van der Waals surface area contributed by atoms with Crippen molar-refractivity contribution in [3.63, 3.8) is 0 Å². The molecule has 0 aliphatic carbocycles. The van der Waals surface area contributed by atoms with Gasteiger partial charge in [-0.3, -0.25) is 0 Å². The lowest BCUT2D eigenvalue weighted by molar-refractivity contribution is 0.318. The number of hydrogen-bond acceptors (Lipinski definition) is 2. The fraction of sp³-hybridized carbons (Fsp3) is 0.455. The highest BCUT2D eigenvalue weighted by atomic mass is 79.9. The van der Waals surface area contributed by atoms with E-state index in [1.807, 2.05) is 24.3 Å². The fourth-order valence-electron chi connectivity index (χ4n) is 0.989. The molecule has 0 fully saturated rings. The zero-order valence-corrected chi connectivity index (χ0v) is 11.6. The summed E-state index contributed by atoms with van der Waals surface area (Å²) in [6, 6.07) is 7.96. The topological polar surface area (TPSA) is 18.5 Å². The van der Waals surface area contributed by atoms with E-state index in [2.05, 4.69) is 29.3 Å². The van der Waals surface area contributed by atoms with Crippen LogP contribution in [0.15, 0.2) is 24.3 Å². The Bertz CT molecular complexity index is 276. The molecular formula is C11H16BrO2P. The second-order valence-corrected chi connectivity index (χ2v) is 5.91. The van der Waals surface area contributed by atoms with E-state index >= 15 is 0 Å². The highest BCUT2D eigenvalue weighted by Crippen LogP contribution is 2.46. The molecule has 15 heavy (non-hydrogen) atoms. The Morgan fingerprint density at radius 3 is 2.53 bits per heavy atom. The van der Waals surface area contributed by atoms with Crippen molar-refractivity contribution in [2.75, 3.05) is 6.61 Å². The van der Waals surface area contributed by atoms with Gasteiger partial charge in [0.2, 0.25) is 0 Å². The van der Waals surface area contributed by atoms with Crippen molar-refractivity contribution in [3.8, 4) is 5.75 Å². The molecule has 0 saturated heterocycles. The summed E-state index contributed by atoms with van der Waals surface area (Å²) in [7, 11) is -0.966. The summed E-state index contributed by atoms with van der Waals surface area (Å²) >= 11 is 3.38. The quantitative estimate of drug-likeness (QED) is 0.553. The minimum atomic E-state index is -0.966. The maximum Gasteiger partial charge on any atom is 0.307 e. The molecule has 0 heterocycles. The van der Waals surface area contributed by atoms with Gasteiger partial charge in [-0.2, -0.15) is 0 Å². The molecule has 0 saturated carbocycles. The summed E-state index contributed by atoms with van der Waals surface area (Å²) in [6.45, 7) is 4.94. The van der Waals surface area contributed by atoms with E-state index in [0.717, 1.165) is 25.2 Å². The van der Waals surface area contributed by atoms with Crippen LogP contribution >= 0.6 is 22.6 Å². The molecule has 0 N–H and O–H groups in total. The monoisotopic (exact) mass is 290 g/mol.